The molecule has 6 heteroatoms. The summed E-state index contributed by atoms with van der Waals surface area (Å²) in [7, 11) is 1.95. The Morgan fingerprint density at radius 3 is 3.07 bits per heavy atom. The first-order valence-corrected chi connectivity index (χ1v) is 6.90. The average molecular weight is 291 g/mol. The van der Waals surface area contributed by atoms with E-state index in [1.165, 1.54) is 17.9 Å². The average Bonchev–Trinajstić information content (AvgIpc) is 2.83. The molecule has 1 aromatic heterocycles. The zero-order valence-electron chi connectivity index (χ0n) is 8.61. The smallest absolute Gasteiger partial charge is 0.0709 e. The number of halogens is 1. The monoisotopic (exact) mass is 290 g/mol. The highest BCUT2D eigenvalue weighted by Crippen LogP contribution is 2.36. The van der Waals surface area contributed by atoms with Crippen molar-refractivity contribution in [2.75, 3.05) is 11.5 Å². The van der Waals surface area contributed by atoms with E-state index >= 15 is 0 Å². The molecule has 3 N–H and O–H groups in total. The summed E-state index contributed by atoms with van der Waals surface area (Å²) >= 11 is 5.51. The fourth-order valence-electron chi connectivity index (χ4n) is 2.02. The quantitative estimate of drug-likeness (QED) is 0.653. The van der Waals surface area contributed by atoms with Crippen LogP contribution in [0.3, 0.4) is 0 Å². The van der Waals surface area contributed by atoms with Crippen molar-refractivity contribution < 1.29 is 0 Å². The first-order chi connectivity index (χ1) is 7.24. The molecule has 1 aliphatic heterocycles. The van der Waals surface area contributed by atoms with Crippen LogP contribution in [0.15, 0.2) is 10.7 Å². The van der Waals surface area contributed by atoms with Gasteiger partial charge in [0, 0.05) is 7.05 Å². The van der Waals surface area contributed by atoms with E-state index in [2.05, 4.69) is 26.5 Å². The van der Waals surface area contributed by atoms with Gasteiger partial charge in [-0.15, -0.1) is 0 Å². The molecule has 0 saturated carbocycles. The summed E-state index contributed by atoms with van der Waals surface area (Å²) in [5, 5.41) is 4.22. The SMILES string of the molecule is Cn1ncc(Br)c1C(NN)C1CCSC1. The second-order valence-electron chi connectivity index (χ2n) is 3.77. The van der Waals surface area contributed by atoms with Crippen molar-refractivity contribution in [2.45, 2.75) is 12.5 Å². The van der Waals surface area contributed by atoms with Crippen LogP contribution in [0.4, 0.5) is 0 Å². The lowest BCUT2D eigenvalue weighted by atomic mass is 9.97. The van der Waals surface area contributed by atoms with Crippen LogP contribution in [0.1, 0.15) is 18.2 Å². The Labute approximate surface area is 102 Å². The normalized spacial score (nSPS) is 23.3. The van der Waals surface area contributed by atoms with Crippen molar-refractivity contribution in [1.29, 1.82) is 0 Å². The van der Waals surface area contributed by atoms with E-state index in [4.69, 9.17) is 5.84 Å². The molecule has 0 aliphatic carbocycles. The van der Waals surface area contributed by atoms with Crippen LogP contribution in [0, 0.1) is 5.92 Å². The molecule has 4 nitrogen and oxygen atoms in total. The molecular formula is C9H15BrN4S. The van der Waals surface area contributed by atoms with E-state index in [0.29, 0.717) is 5.92 Å². The van der Waals surface area contributed by atoms with Gasteiger partial charge in [-0.05, 0) is 39.8 Å². The number of nitrogens with one attached hydrogen (secondary N) is 1. The van der Waals surface area contributed by atoms with Crippen LogP contribution in [0.2, 0.25) is 0 Å². The minimum Gasteiger partial charge on any atom is -0.271 e. The first-order valence-electron chi connectivity index (χ1n) is 4.95. The van der Waals surface area contributed by atoms with Gasteiger partial charge < -0.3 is 0 Å². The number of hydrogen-bond donors (Lipinski definition) is 2. The highest BCUT2D eigenvalue weighted by atomic mass is 79.9. The molecular weight excluding hydrogens is 276 g/mol. The summed E-state index contributed by atoms with van der Waals surface area (Å²) < 4.78 is 2.92. The molecule has 2 rings (SSSR count). The van der Waals surface area contributed by atoms with Gasteiger partial charge in [0.2, 0.25) is 0 Å². The second kappa shape index (κ2) is 4.86. The number of aromatic nitrogens is 2. The van der Waals surface area contributed by atoms with Crippen molar-refractivity contribution in [3.8, 4) is 0 Å². The third-order valence-corrected chi connectivity index (χ3v) is 4.65. The Morgan fingerprint density at radius 2 is 2.60 bits per heavy atom. The van der Waals surface area contributed by atoms with Gasteiger partial charge in [-0.3, -0.25) is 16.0 Å². The van der Waals surface area contributed by atoms with Gasteiger partial charge in [0.1, 0.15) is 0 Å². The van der Waals surface area contributed by atoms with Gasteiger partial charge >= 0.3 is 0 Å². The van der Waals surface area contributed by atoms with Crippen molar-refractivity contribution in [3.63, 3.8) is 0 Å². The lowest BCUT2D eigenvalue weighted by Gasteiger charge is -2.22. The molecule has 0 spiro atoms. The Morgan fingerprint density at radius 1 is 1.80 bits per heavy atom. The van der Waals surface area contributed by atoms with E-state index in [1.807, 2.05) is 29.7 Å². The largest absolute Gasteiger partial charge is 0.271 e. The minimum absolute atomic E-state index is 0.196. The third-order valence-electron chi connectivity index (χ3n) is 2.85. The van der Waals surface area contributed by atoms with Crippen LogP contribution in [-0.2, 0) is 7.05 Å². The first kappa shape index (κ1) is 11.4. The maximum atomic E-state index is 5.66. The van der Waals surface area contributed by atoms with Crippen LogP contribution in [0.5, 0.6) is 0 Å². The molecule has 2 atom stereocenters. The molecule has 84 valence electrons. The molecule has 2 unspecified atom stereocenters. The Kier molecular flexibility index (Phi) is 3.71. The molecule has 0 radical (unpaired) electrons. The summed E-state index contributed by atoms with van der Waals surface area (Å²) in [5.41, 5.74) is 4.07. The van der Waals surface area contributed by atoms with Gasteiger partial charge in [-0.25, -0.2) is 0 Å². The summed E-state index contributed by atoms with van der Waals surface area (Å²) in [6.45, 7) is 0. The lowest BCUT2D eigenvalue weighted by Crippen LogP contribution is -2.35. The number of aryl methyl sites for hydroxylation is 1. The predicted molar refractivity (Wildman–Crippen MR) is 66.4 cm³/mol. The number of hydrogen-bond acceptors (Lipinski definition) is 4. The van der Waals surface area contributed by atoms with Crippen LogP contribution < -0.4 is 11.3 Å². The lowest BCUT2D eigenvalue weighted by molar-refractivity contribution is 0.378. The number of nitrogens with zero attached hydrogens (tertiary/aromatic N) is 2. The fourth-order valence-corrected chi connectivity index (χ4v) is 3.92. The van der Waals surface area contributed by atoms with E-state index in [1.54, 1.807) is 0 Å². The molecule has 2 heterocycles. The summed E-state index contributed by atoms with van der Waals surface area (Å²) in [4.78, 5) is 0. The van der Waals surface area contributed by atoms with Gasteiger partial charge in [0.25, 0.3) is 0 Å². The maximum Gasteiger partial charge on any atom is 0.0709 e. The molecule has 0 aromatic carbocycles. The second-order valence-corrected chi connectivity index (χ2v) is 5.77. The maximum absolute atomic E-state index is 5.66. The topological polar surface area (TPSA) is 55.9 Å². The van der Waals surface area contributed by atoms with E-state index in [9.17, 15) is 0 Å². The van der Waals surface area contributed by atoms with E-state index in [0.717, 1.165) is 10.2 Å². The highest BCUT2D eigenvalue weighted by Gasteiger charge is 2.29. The summed E-state index contributed by atoms with van der Waals surface area (Å²) in [6, 6.07) is 0.196. The molecule has 1 saturated heterocycles. The highest BCUT2D eigenvalue weighted by molar-refractivity contribution is 9.10. The summed E-state index contributed by atoms with van der Waals surface area (Å²) in [5.74, 6) is 8.67. The Hall–Kier alpha value is -0.0400. The zero-order chi connectivity index (χ0) is 10.8. The third kappa shape index (κ3) is 2.22. The molecule has 1 aliphatic rings. The zero-order valence-corrected chi connectivity index (χ0v) is 11.0. The molecule has 0 amide bonds. The van der Waals surface area contributed by atoms with Gasteiger partial charge in [-0.1, -0.05) is 0 Å². The summed E-state index contributed by atoms with van der Waals surface area (Å²) in [6.07, 6.45) is 3.04. The van der Waals surface area contributed by atoms with Gasteiger partial charge in [0.05, 0.1) is 22.4 Å². The Bertz CT molecular complexity index is 315. The van der Waals surface area contributed by atoms with Crippen molar-refractivity contribution in [1.82, 2.24) is 15.2 Å². The Balaban J connectivity index is 2.25. The van der Waals surface area contributed by atoms with Crippen molar-refractivity contribution in [2.24, 2.45) is 18.8 Å². The van der Waals surface area contributed by atoms with Gasteiger partial charge in [-0.2, -0.15) is 16.9 Å². The van der Waals surface area contributed by atoms with Crippen LogP contribution in [-0.4, -0.2) is 21.3 Å². The number of rotatable bonds is 3. The fraction of sp³-hybridized carbons (Fsp3) is 0.667. The standard InChI is InChI=1S/C9H15BrN4S/c1-14-9(7(10)4-12-14)8(13-11)6-2-3-15-5-6/h4,6,8,13H,2-3,5,11H2,1H3. The van der Waals surface area contributed by atoms with Crippen LogP contribution in [0.25, 0.3) is 0 Å². The number of nitrogens with two attached hydrogens (primary N) is 1. The molecule has 1 aromatic rings. The van der Waals surface area contributed by atoms with E-state index in [-0.39, 0.29) is 6.04 Å². The molecule has 1 fully saturated rings. The van der Waals surface area contributed by atoms with Crippen LogP contribution >= 0.6 is 27.7 Å². The van der Waals surface area contributed by atoms with Crippen molar-refractivity contribution in [3.05, 3.63) is 16.4 Å². The van der Waals surface area contributed by atoms with Gasteiger partial charge in [0.15, 0.2) is 0 Å². The van der Waals surface area contributed by atoms with E-state index < -0.39 is 0 Å². The minimum atomic E-state index is 0.196. The predicted octanol–water partition coefficient (Wildman–Crippen LogP) is 1.44. The molecule has 15 heavy (non-hydrogen) atoms. The molecule has 0 bridgehead atoms. The van der Waals surface area contributed by atoms with Crippen molar-refractivity contribution >= 4 is 27.7 Å². The number of hydrazine groups is 1. The number of thioether (sulfide) groups is 1.